The van der Waals surface area contributed by atoms with E-state index in [1.54, 1.807) is 0 Å². The minimum absolute atomic E-state index is 0. The Labute approximate surface area is 114 Å². The summed E-state index contributed by atoms with van der Waals surface area (Å²) in [5, 5.41) is 0. The molecule has 79 valence electrons. The van der Waals surface area contributed by atoms with Gasteiger partial charge in [0.25, 0.3) is 0 Å². The zero-order valence-electron chi connectivity index (χ0n) is 10.2. The van der Waals surface area contributed by atoms with Crippen molar-refractivity contribution in [1.82, 2.24) is 0 Å². The van der Waals surface area contributed by atoms with Crippen LogP contribution in [0.4, 0.5) is 0 Å². The fraction of sp³-hybridized carbons (Fsp3) is 0.833. The van der Waals surface area contributed by atoms with Crippen molar-refractivity contribution in [3.05, 3.63) is 13.8 Å². The molecular weight excluding hydrogens is 283 g/mol. The van der Waals surface area contributed by atoms with Gasteiger partial charge in [0, 0.05) is 35.6 Å². The molecule has 0 N–H and O–H groups in total. The van der Waals surface area contributed by atoms with Crippen molar-refractivity contribution in [2.24, 2.45) is 11.3 Å². The average molecular weight is 309 g/mol. The van der Waals surface area contributed by atoms with Crippen LogP contribution in [0, 0.1) is 60.8 Å². The molecular formula is C12H26La-2. The van der Waals surface area contributed by atoms with Crippen molar-refractivity contribution in [2.75, 3.05) is 0 Å². The van der Waals surface area contributed by atoms with Crippen LogP contribution in [0.2, 0.25) is 0 Å². The van der Waals surface area contributed by atoms with E-state index in [4.69, 9.17) is 0 Å². The molecule has 0 bridgehead atoms. The predicted octanol–water partition coefficient (Wildman–Crippen LogP) is 4.51. The first-order chi connectivity index (χ1) is 5.35. The Hall–Kier alpha value is 1.19. The summed E-state index contributed by atoms with van der Waals surface area (Å²) in [6, 6.07) is 0. The second kappa shape index (κ2) is 11.3. The first-order valence-corrected chi connectivity index (χ1v) is 4.98. The quantitative estimate of drug-likeness (QED) is 0.673. The van der Waals surface area contributed by atoms with E-state index in [2.05, 4.69) is 48.5 Å². The monoisotopic (exact) mass is 309 g/mol. The molecule has 0 amide bonds. The summed E-state index contributed by atoms with van der Waals surface area (Å²) < 4.78 is 0. The Kier molecular flexibility index (Phi) is 17.1. The number of hydrogen-bond acceptors (Lipinski definition) is 0. The van der Waals surface area contributed by atoms with E-state index in [0.717, 1.165) is 6.42 Å². The van der Waals surface area contributed by atoms with E-state index >= 15 is 0 Å². The van der Waals surface area contributed by atoms with E-state index in [1.165, 1.54) is 12.8 Å². The molecule has 0 saturated heterocycles. The van der Waals surface area contributed by atoms with Crippen molar-refractivity contribution < 1.29 is 35.6 Å². The van der Waals surface area contributed by atoms with Gasteiger partial charge in [-0.05, 0) is 0 Å². The van der Waals surface area contributed by atoms with E-state index in [1.807, 2.05) is 0 Å². The SMILES string of the molecule is [CH2-]C(C)C.[CH2-]CC(C)(C)CCC.[La]. The summed E-state index contributed by atoms with van der Waals surface area (Å²) in [6.07, 6.45) is 3.64. The fourth-order valence-electron chi connectivity index (χ4n) is 0.802. The van der Waals surface area contributed by atoms with Gasteiger partial charge in [-0.25, -0.2) is 0 Å². The van der Waals surface area contributed by atoms with Crippen LogP contribution >= 0.6 is 0 Å². The van der Waals surface area contributed by atoms with E-state index in [-0.39, 0.29) is 35.6 Å². The van der Waals surface area contributed by atoms with Gasteiger partial charge in [-0.1, -0.05) is 52.9 Å². The molecule has 0 aromatic rings. The summed E-state index contributed by atoms with van der Waals surface area (Å²) in [4.78, 5) is 0. The molecule has 0 spiro atoms. The van der Waals surface area contributed by atoms with Crippen LogP contribution in [0.25, 0.3) is 0 Å². The number of rotatable bonds is 3. The molecule has 0 aromatic carbocycles. The predicted molar refractivity (Wildman–Crippen MR) is 58.9 cm³/mol. The van der Waals surface area contributed by atoms with Crippen molar-refractivity contribution in [1.29, 1.82) is 0 Å². The van der Waals surface area contributed by atoms with Gasteiger partial charge in [0.2, 0.25) is 0 Å². The maximum atomic E-state index is 3.88. The van der Waals surface area contributed by atoms with Crippen molar-refractivity contribution in [3.8, 4) is 0 Å². The van der Waals surface area contributed by atoms with Crippen molar-refractivity contribution >= 4 is 0 Å². The molecule has 13 heavy (non-hydrogen) atoms. The Bertz CT molecular complexity index is 82.4. The normalized spacial score (nSPS) is 10.2. The smallest absolute Gasteiger partial charge is 0 e. The van der Waals surface area contributed by atoms with E-state index in [9.17, 15) is 0 Å². The van der Waals surface area contributed by atoms with Crippen LogP contribution in [0.3, 0.4) is 0 Å². The van der Waals surface area contributed by atoms with Crippen LogP contribution in [0.1, 0.15) is 53.9 Å². The Balaban J connectivity index is -0.000000173. The van der Waals surface area contributed by atoms with Crippen LogP contribution in [-0.2, 0) is 0 Å². The summed E-state index contributed by atoms with van der Waals surface area (Å²) in [5.74, 6) is 0.583. The van der Waals surface area contributed by atoms with E-state index < -0.39 is 0 Å². The second-order valence-electron chi connectivity index (χ2n) is 4.56. The summed E-state index contributed by atoms with van der Waals surface area (Å²) in [6.45, 7) is 18.4. The standard InChI is InChI=1S/C8H17.C4H9.La/c1-5-7-8(3,4)6-2;1-4(2)3;/h2,5-7H2,1,3-4H3;4H,1H2,2-3H3;/q2*-1;. The first kappa shape index (κ1) is 19.7. The molecule has 1 radical (unpaired) electrons. The molecule has 0 fully saturated rings. The molecule has 0 aromatic heterocycles. The van der Waals surface area contributed by atoms with Gasteiger partial charge in [0.15, 0.2) is 0 Å². The fourth-order valence-corrected chi connectivity index (χ4v) is 0.802. The second-order valence-corrected chi connectivity index (χ2v) is 4.56. The Morgan fingerprint density at radius 2 is 1.54 bits per heavy atom. The molecule has 0 atom stereocenters. The van der Waals surface area contributed by atoms with Crippen LogP contribution < -0.4 is 0 Å². The molecule has 0 aliphatic rings. The molecule has 0 heterocycles. The topological polar surface area (TPSA) is 0 Å². The molecule has 0 aliphatic carbocycles. The minimum Gasteiger partial charge on any atom is -0.343 e. The summed E-state index contributed by atoms with van der Waals surface area (Å²) in [5.41, 5.74) is 0.481. The zero-order chi connectivity index (χ0) is 10.2. The maximum absolute atomic E-state index is 3.88. The molecule has 0 nitrogen and oxygen atoms in total. The van der Waals surface area contributed by atoms with Gasteiger partial charge in [0.05, 0.1) is 0 Å². The molecule has 0 rings (SSSR count). The maximum Gasteiger partial charge on any atom is 0 e. The summed E-state index contributed by atoms with van der Waals surface area (Å²) >= 11 is 0. The molecule has 0 unspecified atom stereocenters. The third-order valence-corrected chi connectivity index (χ3v) is 1.60. The van der Waals surface area contributed by atoms with Gasteiger partial charge in [-0.2, -0.15) is 12.3 Å². The Morgan fingerprint density at radius 1 is 1.23 bits per heavy atom. The Morgan fingerprint density at radius 3 is 1.62 bits per heavy atom. The third kappa shape index (κ3) is 24.6. The van der Waals surface area contributed by atoms with Crippen molar-refractivity contribution in [2.45, 2.75) is 53.9 Å². The molecule has 0 aliphatic heterocycles. The van der Waals surface area contributed by atoms with Gasteiger partial charge in [-0.15, -0.1) is 0 Å². The van der Waals surface area contributed by atoms with Gasteiger partial charge >= 0.3 is 0 Å². The summed E-state index contributed by atoms with van der Waals surface area (Å²) in [7, 11) is 0. The van der Waals surface area contributed by atoms with Gasteiger partial charge in [-0.3, -0.25) is 0 Å². The minimum atomic E-state index is 0. The van der Waals surface area contributed by atoms with Crippen LogP contribution in [0.5, 0.6) is 0 Å². The average Bonchev–Trinajstić information content (AvgIpc) is 1.86. The molecule has 0 saturated carbocycles. The first-order valence-electron chi connectivity index (χ1n) is 4.98. The molecule has 1 heteroatoms. The van der Waals surface area contributed by atoms with Crippen LogP contribution in [0.15, 0.2) is 0 Å². The van der Waals surface area contributed by atoms with E-state index in [0.29, 0.717) is 11.3 Å². The van der Waals surface area contributed by atoms with Gasteiger partial charge < -0.3 is 13.8 Å². The largest absolute Gasteiger partial charge is 0.343 e. The third-order valence-electron chi connectivity index (χ3n) is 1.60. The zero-order valence-corrected chi connectivity index (χ0v) is 13.8. The van der Waals surface area contributed by atoms with Crippen molar-refractivity contribution in [3.63, 3.8) is 0 Å². The van der Waals surface area contributed by atoms with Gasteiger partial charge in [0.1, 0.15) is 0 Å². The number of hydrogen-bond donors (Lipinski definition) is 0. The van der Waals surface area contributed by atoms with Crippen LogP contribution in [-0.4, -0.2) is 0 Å².